The van der Waals surface area contributed by atoms with E-state index in [1.54, 1.807) is 6.07 Å². The Morgan fingerprint density at radius 1 is 1.15 bits per heavy atom. The van der Waals surface area contributed by atoms with E-state index in [2.05, 4.69) is 41.8 Å². The predicted octanol–water partition coefficient (Wildman–Crippen LogP) is 4.72. The first-order valence-electron chi connectivity index (χ1n) is 6.50. The molecule has 0 heterocycles. The molecule has 106 valence electrons. The molecule has 2 aromatic rings. The van der Waals surface area contributed by atoms with Crippen molar-refractivity contribution in [3.63, 3.8) is 0 Å². The van der Waals surface area contributed by atoms with E-state index in [4.69, 9.17) is 4.74 Å². The fourth-order valence-electron chi connectivity index (χ4n) is 1.75. The number of nitrogens with one attached hydrogen (secondary N) is 1. The molecule has 0 bridgehead atoms. The highest BCUT2D eigenvalue weighted by molar-refractivity contribution is 14.1. The second kappa shape index (κ2) is 7.04. The largest absolute Gasteiger partial charge is 0.456 e. The van der Waals surface area contributed by atoms with E-state index in [1.807, 2.05) is 24.3 Å². The smallest absolute Gasteiger partial charge is 0.140 e. The van der Waals surface area contributed by atoms with Gasteiger partial charge >= 0.3 is 0 Å². The zero-order valence-electron chi connectivity index (χ0n) is 11.5. The molecule has 2 rings (SSSR count). The zero-order valence-corrected chi connectivity index (χ0v) is 13.6. The average Bonchev–Trinajstić information content (AvgIpc) is 2.41. The quantitative estimate of drug-likeness (QED) is 0.753. The second-order valence-electron chi connectivity index (χ2n) is 4.82. The molecular weight excluding hydrogens is 368 g/mol. The first-order valence-corrected chi connectivity index (χ1v) is 7.58. The Morgan fingerprint density at radius 3 is 2.60 bits per heavy atom. The van der Waals surface area contributed by atoms with E-state index in [9.17, 15) is 4.39 Å². The summed E-state index contributed by atoms with van der Waals surface area (Å²) in [6, 6.07) is 12.7. The molecule has 0 saturated heterocycles. The van der Waals surface area contributed by atoms with Crippen molar-refractivity contribution < 1.29 is 9.13 Å². The van der Waals surface area contributed by atoms with Gasteiger partial charge in [-0.2, -0.15) is 0 Å². The van der Waals surface area contributed by atoms with Crippen LogP contribution in [0.2, 0.25) is 0 Å². The lowest BCUT2D eigenvalue weighted by Crippen LogP contribution is -2.22. The molecule has 0 fully saturated rings. The number of halogens is 2. The first kappa shape index (κ1) is 15.3. The van der Waals surface area contributed by atoms with Crippen LogP contribution in [-0.4, -0.2) is 6.04 Å². The molecule has 2 nitrogen and oxygen atoms in total. The molecule has 2 aromatic carbocycles. The summed E-state index contributed by atoms with van der Waals surface area (Å²) < 4.78 is 20.3. The third-order valence-electron chi connectivity index (χ3n) is 2.78. The zero-order chi connectivity index (χ0) is 14.5. The number of hydrogen-bond donors (Lipinski definition) is 1. The number of rotatable bonds is 5. The molecule has 0 radical (unpaired) electrons. The number of ether oxygens (including phenoxy) is 1. The lowest BCUT2D eigenvalue weighted by Gasteiger charge is -2.14. The number of benzene rings is 2. The van der Waals surface area contributed by atoms with Crippen LogP contribution in [0.5, 0.6) is 11.5 Å². The van der Waals surface area contributed by atoms with E-state index in [0.717, 1.165) is 14.9 Å². The molecule has 0 amide bonds. The van der Waals surface area contributed by atoms with Gasteiger partial charge in [0.25, 0.3) is 0 Å². The van der Waals surface area contributed by atoms with Gasteiger partial charge in [0.05, 0.1) is 3.57 Å². The van der Waals surface area contributed by atoms with E-state index >= 15 is 0 Å². The van der Waals surface area contributed by atoms with Crippen LogP contribution in [0.3, 0.4) is 0 Å². The van der Waals surface area contributed by atoms with Crippen LogP contribution in [0.1, 0.15) is 19.4 Å². The molecule has 1 N–H and O–H groups in total. The Labute approximate surface area is 132 Å². The highest BCUT2D eigenvalue weighted by Crippen LogP contribution is 2.29. The maximum Gasteiger partial charge on any atom is 0.140 e. The molecule has 0 aromatic heterocycles. The third-order valence-corrected chi connectivity index (χ3v) is 3.67. The Hall–Kier alpha value is -1.14. The minimum atomic E-state index is -0.249. The summed E-state index contributed by atoms with van der Waals surface area (Å²) in [7, 11) is 0. The molecule has 0 spiro atoms. The predicted molar refractivity (Wildman–Crippen MR) is 87.6 cm³/mol. The summed E-state index contributed by atoms with van der Waals surface area (Å²) in [5, 5.41) is 3.28. The van der Waals surface area contributed by atoms with Gasteiger partial charge in [0.1, 0.15) is 17.3 Å². The first-order chi connectivity index (χ1) is 9.56. The molecule has 20 heavy (non-hydrogen) atoms. The summed E-state index contributed by atoms with van der Waals surface area (Å²) in [6.45, 7) is 4.69. The second-order valence-corrected chi connectivity index (χ2v) is 5.98. The summed E-state index contributed by atoms with van der Waals surface area (Å²) in [6.07, 6.45) is 0. The van der Waals surface area contributed by atoms with Crippen LogP contribution in [-0.2, 0) is 6.54 Å². The van der Waals surface area contributed by atoms with Gasteiger partial charge in [-0.3, -0.25) is 0 Å². The maximum atomic E-state index is 13.4. The van der Waals surface area contributed by atoms with Gasteiger partial charge in [0, 0.05) is 18.2 Å². The Bertz CT molecular complexity index is 586. The Morgan fingerprint density at radius 2 is 1.90 bits per heavy atom. The van der Waals surface area contributed by atoms with E-state index in [1.165, 1.54) is 12.1 Å². The highest BCUT2D eigenvalue weighted by atomic mass is 127. The van der Waals surface area contributed by atoms with Crippen LogP contribution in [0, 0.1) is 9.39 Å². The fourth-order valence-corrected chi connectivity index (χ4v) is 2.24. The lowest BCUT2D eigenvalue weighted by atomic mass is 10.2. The van der Waals surface area contributed by atoms with Crippen molar-refractivity contribution in [1.29, 1.82) is 0 Å². The van der Waals surface area contributed by atoms with Gasteiger partial charge in [0.2, 0.25) is 0 Å². The van der Waals surface area contributed by atoms with Crippen molar-refractivity contribution in [1.82, 2.24) is 5.32 Å². The fraction of sp³-hybridized carbons (Fsp3) is 0.250. The summed E-state index contributed by atoms with van der Waals surface area (Å²) in [5.74, 6) is 1.22. The molecule has 4 heteroatoms. The van der Waals surface area contributed by atoms with Gasteiger partial charge in [-0.25, -0.2) is 4.39 Å². The van der Waals surface area contributed by atoms with Crippen LogP contribution in [0.25, 0.3) is 0 Å². The van der Waals surface area contributed by atoms with Crippen molar-refractivity contribution in [2.24, 2.45) is 0 Å². The van der Waals surface area contributed by atoms with E-state index < -0.39 is 0 Å². The average molecular weight is 385 g/mol. The molecular formula is C16H17FINO. The summed E-state index contributed by atoms with van der Waals surface area (Å²) in [4.78, 5) is 0. The van der Waals surface area contributed by atoms with E-state index in [0.29, 0.717) is 18.3 Å². The minimum Gasteiger partial charge on any atom is -0.456 e. The van der Waals surface area contributed by atoms with Gasteiger partial charge in [-0.15, -0.1) is 0 Å². The van der Waals surface area contributed by atoms with Gasteiger partial charge in [0.15, 0.2) is 0 Å². The monoisotopic (exact) mass is 385 g/mol. The molecule has 0 aliphatic carbocycles. The topological polar surface area (TPSA) is 21.3 Å². The van der Waals surface area contributed by atoms with Crippen molar-refractivity contribution in [3.05, 3.63) is 57.4 Å². The minimum absolute atomic E-state index is 0.249. The number of para-hydroxylation sites is 1. The summed E-state index contributed by atoms with van der Waals surface area (Å²) in [5.41, 5.74) is 0.818. The maximum absolute atomic E-state index is 13.4. The third kappa shape index (κ3) is 4.18. The van der Waals surface area contributed by atoms with Gasteiger partial charge < -0.3 is 10.1 Å². The van der Waals surface area contributed by atoms with Crippen molar-refractivity contribution in [2.75, 3.05) is 0 Å². The SMILES string of the molecule is CC(C)NCc1cc(F)ccc1Oc1ccccc1I. The lowest BCUT2D eigenvalue weighted by molar-refractivity contribution is 0.463. The molecule has 0 atom stereocenters. The van der Waals surface area contributed by atoms with E-state index in [-0.39, 0.29) is 5.82 Å². The van der Waals surface area contributed by atoms with Gasteiger partial charge in [-0.1, -0.05) is 26.0 Å². The Balaban J connectivity index is 2.24. The van der Waals surface area contributed by atoms with Crippen LogP contribution in [0.15, 0.2) is 42.5 Å². The number of hydrogen-bond acceptors (Lipinski definition) is 2. The van der Waals surface area contributed by atoms with Gasteiger partial charge in [-0.05, 0) is 52.9 Å². The molecule has 0 aliphatic heterocycles. The Kier molecular flexibility index (Phi) is 5.37. The standard InChI is InChI=1S/C16H17FINO/c1-11(2)19-10-12-9-13(17)7-8-15(12)20-16-6-4-3-5-14(16)18/h3-9,11,19H,10H2,1-2H3. The van der Waals surface area contributed by atoms with Crippen LogP contribution < -0.4 is 10.1 Å². The highest BCUT2D eigenvalue weighted by Gasteiger charge is 2.09. The normalized spacial score (nSPS) is 10.8. The summed E-state index contributed by atoms with van der Waals surface area (Å²) >= 11 is 2.22. The van der Waals surface area contributed by atoms with Crippen LogP contribution in [0.4, 0.5) is 4.39 Å². The van der Waals surface area contributed by atoms with Crippen molar-refractivity contribution in [3.8, 4) is 11.5 Å². The van der Waals surface area contributed by atoms with Crippen molar-refractivity contribution >= 4 is 22.6 Å². The van der Waals surface area contributed by atoms with Crippen LogP contribution >= 0.6 is 22.6 Å². The van der Waals surface area contributed by atoms with Crippen molar-refractivity contribution in [2.45, 2.75) is 26.4 Å². The molecule has 0 unspecified atom stereocenters. The molecule has 0 aliphatic rings. The molecule has 0 saturated carbocycles.